The first-order valence-electron chi connectivity index (χ1n) is 5.01. The van der Waals surface area contributed by atoms with Gasteiger partial charge >= 0.3 is 0 Å². The summed E-state index contributed by atoms with van der Waals surface area (Å²) in [7, 11) is 0. The molecule has 2 N–H and O–H groups in total. The molecule has 0 heterocycles. The molecule has 0 aliphatic heterocycles. The van der Waals surface area contributed by atoms with Gasteiger partial charge in [-0.25, -0.2) is 5.90 Å². The lowest BCUT2D eigenvalue weighted by Crippen LogP contribution is -2.15. The summed E-state index contributed by atoms with van der Waals surface area (Å²) in [6.07, 6.45) is 1.14. The van der Waals surface area contributed by atoms with Crippen LogP contribution in [0.4, 0.5) is 0 Å². The Morgan fingerprint density at radius 2 is 1.79 bits per heavy atom. The van der Waals surface area contributed by atoms with Gasteiger partial charge in [-0.3, -0.25) is 4.84 Å². The topological polar surface area (TPSA) is 35.2 Å². The van der Waals surface area contributed by atoms with Crippen molar-refractivity contribution in [1.82, 2.24) is 0 Å². The maximum atomic E-state index is 5.01. The Bertz CT molecular complexity index is 277. The fourth-order valence-electron chi connectivity index (χ4n) is 1.35. The van der Waals surface area contributed by atoms with Crippen molar-refractivity contribution in [2.24, 2.45) is 5.90 Å². The number of hydrogen-bond acceptors (Lipinski definition) is 2. The molecule has 0 amide bonds. The van der Waals surface area contributed by atoms with Crippen molar-refractivity contribution in [3.8, 4) is 0 Å². The molecule has 0 fully saturated rings. The minimum atomic E-state index is 0.252. The Morgan fingerprint density at radius 3 is 2.21 bits per heavy atom. The first-order chi connectivity index (χ1) is 6.60. The molecule has 0 unspecified atom stereocenters. The van der Waals surface area contributed by atoms with Crippen LogP contribution in [0.5, 0.6) is 0 Å². The number of nitrogens with two attached hydrogens (primary N) is 1. The van der Waals surface area contributed by atoms with Gasteiger partial charge in [0.05, 0.1) is 6.61 Å². The summed E-state index contributed by atoms with van der Waals surface area (Å²) in [6.45, 7) is 7.19. The van der Waals surface area contributed by atoms with E-state index in [0.29, 0.717) is 6.61 Å². The highest BCUT2D eigenvalue weighted by Gasteiger charge is 2.17. The van der Waals surface area contributed by atoms with Gasteiger partial charge in [0.1, 0.15) is 0 Å². The molecular weight excluding hydrogens is 174 g/mol. The third kappa shape index (κ3) is 2.56. The Hall–Kier alpha value is -0.860. The molecule has 2 nitrogen and oxygen atoms in total. The van der Waals surface area contributed by atoms with E-state index in [1.807, 2.05) is 0 Å². The summed E-state index contributed by atoms with van der Waals surface area (Å²) < 4.78 is 0. The van der Waals surface area contributed by atoms with Crippen LogP contribution in [0.2, 0.25) is 0 Å². The zero-order valence-corrected chi connectivity index (χ0v) is 9.21. The summed E-state index contributed by atoms with van der Waals surface area (Å²) in [5.41, 5.74) is 2.73. The molecule has 0 saturated carbocycles. The van der Waals surface area contributed by atoms with Crippen LogP contribution in [-0.2, 0) is 16.9 Å². The second kappa shape index (κ2) is 4.58. The number of rotatable bonds is 4. The third-order valence-corrected chi connectivity index (χ3v) is 2.87. The molecular formula is C12H19NO. The number of hydrogen-bond donors (Lipinski definition) is 1. The van der Waals surface area contributed by atoms with Gasteiger partial charge in [0.25, 0.3) is 0 Å². The highest BCUT2D eigenvalue weighted by Crippen LogP contribution is 2.26. The smallest absolute Gasteiger partial charge is 0.0930 e. The fourth-order valence-corrected chi connectivity index (χ4v) is 1.35. The van der Waals surface area contributed by atoms with Gasteiger partial charge in [-0.2, -0.15) is 0 Å². The predicted octanol–water partition coefficient (Wildman–Crippen LogP) is 2.76. The van der Waals surface area contributed by atoms with Crippen LogP contribution in [-0.4, -0.2) is 0 Å². The average molecular weight is 193 g/mol. The summed E-state index contributed by atoms with van der Waals surface area (Å²) in [5, 5.41) is 0. The third-order valence-electron chi connectivity index (χ3n) is 2.87. The summed E-state index contributed by atoms with van der Waals surface area (Å²) in [4.78, 5) is 4.58. The van der Waals surface area contributed by atoms with Crippen LogP contribution in [0.3, 0.4) is 0 Å². The van der Waals surface area contributed by atoms with E-state index in [1.165, 1.54) is 5.56 Å². The fraction of sp³-hybridized carbons (Fsp3) is 0.500. The molecule has 0 bridgehead atoms. The van der Waals surface area contributed by atoms with Gasteiger partial charge in [-0.1, -0.05) is 45.0 Å². The average Bonchev–Trinajstić information content (AvgIpc) is 2.19. The maximum Gasteiger partial charge on any atom is 0.0930 e. The monoisotopic (exact) mass is 193 g/mol. The van der Waals surface area contributed by atoms with E-state index in [1.54, 1.807) is 0 Å². The lowest BCUT2D eigenvalue weighted by Gasteiger charge is -2.23. The highest BCUT2D eigenvalue weighted by atomic mass is 16.6. The van der Waals surface area contributed by atoms with Crippen molar-refractivity contribution >= 4 is 0 Å². The van der Waals surface area contributed by atoms with Gasteiger partial charge in [0.15, 0.2) is 0 Å². The highest BCUT2D eigenvalue weighted by molar-refractivity contribution is 5.27. The standard InChI is InChI=1S/C12H19NO/c1-4-12(2,3)11-7-5-10(6-8-11)9-14-13/h5-8H,4,9,13H2,1-3H3. The van der Waals surface area contributed by atoms with Gasteiger partial charge in [0, 0.05) is 0 Å². The molecule has 1 rings (SSSR count). The van der Waals surface area contributed by atoms with Crippen LogP contribution in [0, 0.1) is 0 Å². The second-order valence-corrected chi connectivity index (χ2v) is 4.25. The first-order valence-corrected chi connectivity index (χ1v) is 5.01. The Balaban J connectivity index is 2.82. The summed E-state index contributed by atoms with van der Waals surface area (Å²) in [6, 6.07) is 8.44. The molecule has 0 aromatic heterocycles. The molecule has 0 saturated heterocycles. The van der Waals surface area contributed by atoms with Crippen molar-refractivity contribution in [3.63, 3.8) is 0 Å². The SMILES string of the molecule is CCC(C)(C)c1ccc(CON)cc1. The molecule has 1 aromatic carbocycles. The Labute approximate surface area is 86.0 Å². The predicted molar refractivity (Wildman–Crippen MR) is 58.7 cm³/mol. The van der Waals surface area contributed by atoms with E-state index in [0.717, 1.165) is 12.0 Å². The maximum absolute atomic E-state index is 5.01. The molecule has 0 radical (unpaired) electrons. The Kier molecular flexibility index (Phi) is 3.67. The van der Waals surface area contributed by atoms with E-state index in [-0.39, 0.29) is 5.41 Å². The first kappa shape index (κ1) is 11.2. The minimum absolute atomic E-state index is 0.252. The summed E-state index contributed by atoms with van der Waals surface area (Å²) >= 11 is 0. The Morgan fingerprint density at radius 1 is 1.21 bits per heavy atom. The van der Waals surface area contributed by atoms with Gasteiger partial charge in [-0.15, -0.1) is 0 Å². The normalized spacial score (nSPS) is 11.7. The van der Waals surface area contributed by atoms with Gasteiger partial charge in [-0.05, 0) is 23.0 Å². The molecule has 2 heteroatoms. The van der Waals surface area contributed by atoms with E-state index in [4.69, 9.17) is 5.90 Å². The largest absolute Gasteiger partial charge is 0.300 e. The second-order valence-electron chi connectivity index (χ2n) is 4.25. The van der Waals surface area contributed by atoms with E-state index < -0.39 is 0 Å². The van der Waals surface area contributed by atoms with Crippen LogP contribution in [0.15, 0.2) is 24.3 Å². The zero-order chi connectivity index (χ0) is 10.6. The van der Waals surface area contributed by atoms with E-state index in [9.17, 15) is 0 Å². The van der Waals surface area contributed by atoms with Gasteiger partial charge in [0.2, 0.25) is 0 Å². The quantitative estimate of drug-likeness (QED) is 0.746. The van der Waals surface area contributed by atoms with E-state index >= 15 is 0 Å². The molecule has 0 aliphatic rings. The van der Waals surface area contributed by atoms with Crippen LogP contribution in [0.1, 0.15) is 38.3 Å². The van der Waals surface area contributed by atoms with Crippen molar-refractivity contribution in [2.45, 2.75) is 39.2 Å². The molecule has 0 atom stereocenters. The van der Waals surface area contributed by atoms with Crippen molar-refractivity contribution in [1.29, 1.82) is 0 Å². The summed E-state index contributed by atoms with van der Waals surface area (Å²) in [5.74, 6) is 5.01. The zero-order valence-electron chi connectivity index (χ0n) is 9.21. The van der Waals surface area contributed by atoms with Crippen molar-refractivity contribution in [2.75, 3.05) is 0 Å². The molecule has 14 heavy (non-hydrogen) atoms. The molecule has 1 aromatic rings. The molecule has 0 aliphatic carbocycles. The van der Waals surface area contributed by atoms with Crippen molar-refractivity contribution < 1.29 is 4.84 Å². The van der Waals surface area contributed by atoms with Crippen LogP contribution in [0.25, 0.3) is 0 Å². The van der Waals surface area contributed by atoms with E-state index in [2.05, 4.69) is 49.9 Å². The lowest BCUT2D eigenvalue weighted by atomic mass is 9.82. The molecule has 0 spiro atoms. The van der Waals surface area contributed by atoms with Crippen LogP contribution < -0.4 is 5.90 Å². The minimum Gasteiger partial charge on any atom is -0.300 e. The molecule has 78 valence electrons. The van der Waals surface area contributed by atoms with Gasteiger partial charge < -0.3 is 0 Å². The number of benzene rings is 1. The van der Waals surface area contributed by atoms with Crippen molar-refractivity contribution in [3.05, 3.63) is 35.4 Å². The van der Waals surface area contributed by atoms with Crippen LogP contribution >= 0.6 is 0 Å². The lowest BCUT2D eigenvalue weighted by molar-refractivity contribution is 0.124.